The summed E-state index contributed by atoms with van der Waals surface area (Å²) in [5, 5.41) is 2.57. The Morgan fingerprint density at radius 3 is 1.85 bits per heavy atom. The third-order valence-corrected chi connectivity index (χ3v) is 4.89. The number of amides is 1. The van der Waals surface area contributed by atoms with Crippen molar-refractivity contribution >= 4 is 12.1 Å². The molecule has 0 spiro atoms. The number of unbranched alkanes of at least 4 members (excludes halogenated alkanes) is 1. The monoisotopic (exact) mass is 625 g/mol. The van der Waals surface area contributed by atoms with Gasteiger partial charge in [-0.15, -0.1) is 11.8 Å². The van der Waals surface area contributed by atoms with E-state index in [4.69, 9.17) is 0 Å². The van der Waals surface area contributed by atoms with Crippen molar-refractivity contribution in [3.8, 4) is 11.1 Å². The van der Waals surface area contributed by atoms with Gasteiger partial charge in [-0.05, 0) is 11.5 Å². The van der Waals surface area contributed by atoms with Crippen LogP contribution in [0.4, 0.5) is 5.69 Å². The van der Waals surface area contributed by atoms with Gasteiger partial charge < -0.3 is 17.5 Å². The van der Waals surface area contributed by atoms with Crippen molar-refractivity contribution in [1.82, 2.24) is 0 Å². The Morgan fingerprint density at radius 1 is 0.818 bits per heavy atom. The molecule has 0 aromatic heterocycles. The molecule has 0 heterocycles. The molecule has 2 aromatic carbocycles. The maximum atomic E-state index is 10.3. The van der Waals surface area contributed by atoms with E-state index in [0.717, 1.165) is 22.7 Å². The Labute approximate surface area is 221 Å². The Kier molecular flexibility index (Phi) is 36.0. The molecule has 1 fully saturated rings. The van der Waals surface area contributed by atoms with Crippen molar-refractivity contribution in [3.63, 3.8) is 0 Å². The van der Waals surface area contributed by atoms with Gasteiger partial charge in [-0.2, -0.15) is 0 Å². The van der Waals surface area contributed by atoms with E-state index in [1.807, 2.05) is 96.1 Å². The molecular formula is C30H51NOW. The third-order valence-electron chi connectivity index (χ3n) is 4.89. The van der Waals surface area contributed by atoms with Crippen molar-refractivity contribution in [2.45, 2.75) is 99.8 Å². The van der Waals surface area contributed by atoms with Gasteiger partial charge in [-0.3, -0.25) is 0 Å². The van der Waals surface area contributed by atoms with E-state index in [2.05, 4.69) is 12.2 Å². The first-order valence-corrected chi connectivity index (χ1v) is 12.6. The fourth-order valence-electron chi connectivity index (χ4n) is 3.49. The van der Waals surface area contributed by atoms with Crippen LogP contribution >= 0.6 is 0 Å². The minimum absolute atomic E-state index is 0. The molecule has 0 unspecified atom stereocenters. The third kappa shape index (κ3) is 18.7. The zero-order valence-corrected chi connectivity index (χ0v) is 25.7. The summed E-state index contributed by atoms with van der Waals surface area (Å²) in [5.74, 6) is 1.11. The average Bonchev–Trinajstić information content (AvgIpc) is 2.88. The average molecular weight is 626 g/mol. The molecule has 0 radical (unpaired) electrons. The van der Waals surface area contributed by atoms with Gasteiger partial charge in [0.15, 0.2) is 0 Å². The normalized spacial score (nSPS) is 11.4. The first kappa shape index (κ1) is 38.8. The SMILES string of the molecule is CC.CC.CC.CCCCC1CCCCC1.O=[C-]Nc1ccccc1-c1ccccc1.[CH3-].[W+2]. The molecule has 1 amide bonds. The summed E-state index contributed by atoms with van der Waals surface area (Å²) in [6.45, 7) is 14.3. The van der Waals surface area contributed by atoms with Gasteiger partial charge in [-0.25, -0.2) is 0 Å². The molecule has 0 atom stereocenters. The molecule has 188 valence electrons. The number of hydrogen-bond donors (Lipinski definition) is 1. The second-order valence-electron chi connectivity index (χ2n) is 6.78. The fourth-order valence-corrected chi connectivity index (χ4v) is 3.49. The van der Waals surface area contributed by atoms with Gasteiger partial charge in [0.05, 0.1) is 6.41 Å². The van der Waals surface area contributed by atoms with E-state index >= 15 is 0 Å². The summed E-state index contributed by atoms with van der Waals surface area (Å²) in [4.78, 5) is 10.3. The molecule has 0 aliphatic heterocycles. The van der Waals surface area contributed by atoms with Crippen LogP contribution in [-0.2, 0) is 25.9 Å². The zero-order valence-electron chi connectivity index (χ0n) is 22.7. The Morgan fingerprint density at radius 2 is 1.33 bits per heavy atom. The predicted molar refractivity (Wildman–Crippen MR) is 148 cm³/mol. The molecule has 0 bridgehead atoms. The number of anilines is 1. The van der Waals surface area contributed by atoms with Crippen molar-refractivity contribution < 1.29 is 25.9 Å². The molecule has 3 rings (SSSR count). The Bertz CT molecular complexity index is 610. The smallest absolute Gasteiger partial charge is 0.490 e. The molecule has 2 aromatic rings. The quantitative estimate of drug-likeness (QED) is 0.251. The molecule has 1 aliphatic carbocycles. The van der Waals surface area contributed by atoms with Crippen molar-refractivity contribution in [3.05, 3.63) is 62.0 Å². The van der Waals surface area contributed by atoms with Crippen molar-refractivity contribution in [2.24, 2.45) is 5.92 Å². The van der Waals surface area contributed by atoms with Crippen LogP contribution in [0.3, 0.4) is 0 Å². The van der Waals surface area contributed by atoms with Crippen LogP contribution in [0, 0.1) is 13.3 Å². The summed E-state index contributed by atoms with van der Waals surface area (Å²) >= 11 is 0. The van der Waals surface area contributed by atoms with Crippen LogP contribution in [0.15, 0.2) is 54.6 Å². The maximum Gasteiger partial charge on any atom is 2.00 e. The van der Waals surface area contributed by atoms with E-state index in [0.29, 0.717) is 0 Å². The zero-order chi connectivity index (χ0) is 23.7. The van der Waals surface area contributed by atoms with E-state index in [1.165, 1.54) is 51.4 Å². The van der Waals surface area contributed by atoms with E-state index in [1.54, 1.807) is 6.41 Å². The number of para-hydroxylation sites is 1. The largest absolute Gasteiger partial charge is 2.00 e. The van der Waals surface area contributed by atoms with E-state index in [-0.39, 0.29) is 28.5 Å². The van der Waals surface area contributed by atoms with Gasteiger partial charge in [-0.1, -0.05) is 154 Å². The topological polar surface area (TPSA) is 29.1 Å². The predicted octanol–water partition coefficient (Wildman–Crippen LogP) is 10.1. The minimum Gasteiger partial charge on any atom is -0.490 e. The number of nitrogens with one attached hydrogen (secondary N) is 1. The van der Waals surface area contributed by atoms with E-state index in [9.17, 15) is 4.79 Å². The first-order chi connectivity index (χ1) is 15.3. The van der Waals surface area contributed by atoms with Crippen LogP contribution < -0.4 is 5.32 Å². The summed E-state index contributed by atoms with van der Waals surface area (Å²) in [6.07, 6.45) is 13.6. The van der Waals surface area contributed by atoms with Crippen molar-refractivity contribution in [2.75, 3.05) is 5.32 Å². The molecule has 1 saturated carbocycles. The standard InChI is InChI=1S/C13H10NO.C10H20.3C2H6.CH3.W/c15-10-14-13-9-5-4-8-12(13)11-6-2-1-3-7-11;1-2-3-7-10-8-5-4-6-9-10;3*1-2;;/h1-9H,(H,14,15);10H,2-9H2,1H3;3*1-2H3;1H3;/q-1;;;;;-1;+2. The molecular weight excluding hydrogens is 574 g/mol. The Hall–Kier alpha value is -1.40. The summed E-state index contributed by atoms with van der Waals surface area (Å²) in [5.41, 5.74) is 2.86. The molecule has 33 heavy (non-hydrogen) atoms. The number of rotatable bonds is 6. The van der Waals surface area contributed by atoms with Gasteiger partial charge >= 0.3 is 21.1 Å². The fraction of sp³-hybridized carbons (Fsp3) is 0.533. The number of benzene rings is 2. The van der Waals surface area contributed by atoms with Crippen LogP contribution in [0.2, 0.25) is 0 Å². The maximum absolute atomic E-state index is 10.3. The number of hydrogen-bond acceptors (Lipinski definition) is 1. The van der Waals surface area contributed by atoms with Gasteiger partial charge in [0, 0.05) is 0 Å². The summed E-state index contributed by atoms with van der Waals surface area (Å²) < 4.78 is 0. The first-order valence-electron chi connectivity index (χ1n) is 12.6. The second kappa shape index (κ2) is 30.6. The van der Waals surface area contributed by atoms with E-state index < -0.39 is 0 Å². The summed E-state index contributed by atoms with van der Waals surface area (Å²) in [6, 6.07) is 17.6. The molecule has 1 N–H and O–H groups in total. The molecule has 0 saturated heterocycles. The van der Waals surface area contributed by atoms with Gasteiger partial charge in [0.2, 0.25) is 0 Å². The second-order valence-corrected chi connectivity index (χ2v) is 6.78. The molecule has 1 aliphatic rings. The van der Waals surface area contributed by atoms with Crippen LogP contribution in [-0.4, -0.2) is 6.41 Å². The Balaban J connectivity index is -0.000000206. The van der Waals surface area contributed by atoms with Crippen LogP contribution in [0.1, 0.15) is 99.8 Å². The van der Waals surface area contributed by atoms with Crippen molar-refractivity contribution in [1.29, 1.82) is 0 Å². The number of carbonyl (C=O) groups excluding carboxylic acids is 1. The van der Waals surface area contributed by atoms with Crippen LogP contribution in [0.5, 0.6) is 0 Å². The van der Waals surface area contributed by atoms with Crippen LogP contribution in [0.25, 0.3) is 11.1 Å². The summed E-state index contributed by atoms with van der Waals surface area (Å²) in [7, 11) is 0. The molecule has 3 heteroatoms. The molecule has 2 nitrogen and oxygen atoms in total. The van der Waals surface area contributed by atoms with Gasteiger partial charge in [0.1, 0.15) is 0 Å². The van der Waals surface area contributed by atoms with Gasteiger partial charge in [0.25, 0.3) is 0 Å². The minimum atomic E-state index is 0.